The summed E-state index contributed by atoms with van der Waals surface area (Å²) in [5.74, 6) is -0.0842. The number of anilines is 1. The number of amides is 1. The molecule has 2 aromatic heterocycles. The molecule has 0 unspecified atom stereocenters. The van der Waals surface area contributed by atoms with Gasteiger partial charge in [0.1, 0.15) is 5.58 Å². The SMILES string of the molecule is Cc1cc2occ(CC(=O)Nc3cccc4cccnc34)c2cc1C. The van der Waals surface area contributed by atoms with Crippen LogP contribution in [0.3, 0.4) is 0 Å². The summed E-state index contributed by atoms with van der Waals surface area (Å²) in [6.07, 6.45) is 3.66. The zero-order valence-corrected chi connectivity index (χ0v) is 14.2. The van der Waals surface area contributed by atoms with E-state index in [2.05, 4.69) is 30.2 Å². The Kier molecular flexibility index (Phi) is 3.73. The second-order valence-corrected chi connectivity index (χ2v) is 6.30. The molecule has 2 aromatic carbocycles. The Labute approximate surface area is 145 Å². The van der Waals surface area contributed by atoms with Gasteiger partial charge in [0.05, 0.1) is 23.9 Å². The standard InChI is InChI=1S/C21H18N2O2/c1-13-9-17-16(12-25-19(17)10-14(13)2)11-20(24)23-18-7-3-5-15-6-4-8-22-21(15)18/h3-10,12H,11H2,1-2H3,(H,23,24). The first-order valence-electron chi connectivity index (χ1n) is 8.23. The van der Waals surface area contributed by atoms with Gasteiger partial charge in [0.2, 0.25) is 5.91 Å². The number of aryl methyl sites for hydroxylation is 2. The van der Waals surface area contributed by atoms with Crippen molar-refractivity contribution in [2.75, 3.05) is 5.32 Å². The van der Waals surface area contributed by atoms with Crippen molar-refractivity contribution in [3.05, 3.63) is 71.6 Å². The van der Waals surface area contributed by atoms with E-state index in [-0.39, 0.29) is 12.3 Å². The van der Waals surface area contributed by atoms with E-state index in [1.54, 1.807) is 12.5 Å². The number of pyridine rings is 1. The van der Waals surface area contributed by atoms with Crippen LogP contribution in [0.25, 0.3) is 21.9 Å². The van der Waals surface area contributed by atoms with Gasteiger partial charge in [-0.2, -0.15) is 0 Å². The molecular weight excluding hydrogens is 312 g/mol. The zero-order valence-electron chi connectivity index (χ0n) is 14.2. The van der Waals surface area contributed by atoms with E-state index in [1.165, 1.54) is 11.1 Å². The van der Waals surface area contributed by atoms with Gasteiger partial charge in [-0.15, -0.1) is 0 Å². The Balaban J connectivity index is 1.61. The molecule has 0 fully saturated rings. The summed E-state index contributed by atoms with van der Waals surface area (Å²) in [5, 5.41) is 4.97. The van der Waals surface area contributed by atoms with Crippen LogP contribution in [-0.4, -0.2) is 10.9 Å². The first-order chi connectivity index (χ1) is 12.1. The summed E-state index contributed by atoms with van der Waals surface area (Å²) in [6.45, 7) is 4.12. The predicted octanol–water partition coefficient (Wildman–Crippen LogP) is 4.78. The van der Waals surface area contributed by atoms with Gasteiger partial charge < -0.3 is 9.73 Å². The van der Waals surface area contributed by atoms with E-state index in [1.807, 2.05) is 36.4 Å². The van der Waals surface area contributed by atoms with Gasteiger partial charge in [0.25, 0.3) is 0 Å². The number of hydrogen-bond acceptors (Lipinski definition) is 3. The smallest absolute Gasteiger partial charge is 0.228 e. The summed E-state index contributed by atoms with van der Waals surface area (Å²) in [6, 6.07) is 13.7. The Bertz CT molecular complexity index is 1090. The van der Waals surface area contributed by atoms with Gasteiger partial charge in [0.15, 0.2) is 0 Å². The lowest BCUT2D eigenvalue weighted by Gasteiger charge is -2.07. The number of para-hydroxylation sites is 1. The van der Waals surface area contributed by atoms with Crippen LogP contribution in [0.4, 0.5) is 5.69 Å². The topological polar surface area (TPSA) is 55.1 Å². The third-order valence-corrected chi connectivity index (χ3v) is 4.53. The molecule has 1 N–H and O–H groups in total. The summed E-state index contributed by atoms with van der Waals surface area (Å²) in [4.78, 5) is 16.9. The Morgan fingerprint density at radius 2 is 1.92 bits per heavy atom. The van der Waals surface area contributed by atoms with E-state index < -0.39 is 0 Å². The molecule has 0 aliphatic heterocycles. The lowest BCUT2D eigenvalue weighted by molar-refractivity contribution is -0.115. The summed E-state index contributed by atoms with van der Waals surface area (Å²) < 4.78 is 5.61. The fourth-order valence-corrected chi connectivity index (χ4v) is 3.05. The minimum atomic E-state index is -0.0842. The average molecular weight is 330 g/mol. The number of benzene rings is 2. The maximum atomic E-state index is 12.5. The van der Waals surface area contributed by atoms with Crippen molar-refractivity contribution in [3.8, 4) is 0 Å². The number of carbonyl (C=O) groups excluding carboxylic acids is 1. The average Bonchev–Trinajstić information content (AvgIpc) is 2.97. The van der Waals surface area contributed by atoms with Crippen LogP contribution >= 0.6 is 0 Å². The molecule has 4 rings (SSSR count). The van der Waals surface area contributed by atoms with E-state index in [4.69, 9.17) is 4.42 Å². The second kappa shape index (κ2) is 6.06. The lowest BCUT2D eigenvalue weighted by Crippen LogP contribution is -2.14. The number of nitrogens with zero attached hydrogens (tertiary/aromatic N) is 1. The third-order valence-electron chi connectivity index (χ3n) is 4.53. The Hall–Kier alpha value is -3.14. The molecule has 124 valence electrons. The molecule has 25 heavy (non-hydrogen) atoms. The highest BCUT2D eigenvalue weighted by Gasteiger charge is 2.13. The summed E-state index contributed by atoms with van der Waals surface area (Å²) >= 11 is 0. The maximum absolute atomic E-state index is 12.5. The van der Waals surface area contributed by atoms with Gasteiger partial charge in [-0.05, 0) is 49.2 Å². The van der Waals surface area contributed by atoms with Gasteiger partial charge in [-0.25, -0.2) is 0 Å². The van der Waals surface area contributed by atoms with Crippen LogP contribution in [0.5, 0.6) is 0 Å². The number of carbonyl (C=O) groups is 1. The zero-order chi connectivity index (χ0) is 17.4. The number of nitrogens with one attached hydrogen (secondary N) is 1. The predicted molar refractivity (Wildman–Crippen MR) is 99.8 cm³/mol. The molecule has 0 atom stereocenters. The van der Waals surface area contributed by atoms with Crippen molar-refractivity contribution in [1.82, 2.24) is 4.98 Å². The number of rotatable bonds is 3. The molecule has 0 saturated heterocycles. The maximum Gasteiger partial charge on any atom is 0.228 e. The second-order valence-electron chi connectivity index (χ2n) is 6.30. The fourth-order valence-electron chi connectivity index (χ4n) is 3.05. The summed E-state index contributed by atoms with van der Waals surface area (Å²) in [7, 11) is 0. The van der Waals surface area contributed by atoms with E-state index in [0.29, 0.717) is 0 Å². The van der Waals surface area contributed by atoms with Crippen LogP contribution in [-0.2, 0) is 11.2 Å². The van der Waals surface area contributed by atoms with E-state index in [0.717, 1.165) is 33.1 Å². The highest BCUT2D eigenvalue weighted by Crippen LogP contribution is 2.26. The van der Waals surface area contributed by atoms with Crippen LogP contribution in [0.15, 0.2) is 59.3 Å². The number of furan rings is 1. The minimum absolute atomic E-state index is 0.0842. The molecule has 0 radical (unpaired) electrons. The van der Waals surface area contributed by atoms with Crippen molar-refractivity contribution in [2.45, 2.75) is 20.3 Å². The van der Waals surface area contributed by atoms with Crippen LogP contribution in [0, 0.1) is 13.8 Å². The molecule has 1 amide bonds. The number of aromatic nitrogens is 1. The first-order valence-corrected chi connectivity index (χ1v) is 8.23. The fraction of sp³-hybridized carbons (Fsp3) is 0.143. The van der Waals surface area contributed by atoms with E-state index in [9.17, 15) is 4.79 Å². The van der Waals surface area contributed by atoms with Crippen LogP contribution in [0.1, 0.15) is 16.7 Å². The van der Waals surface area contributed by atoms with Gasteiger partial charge in [-0.1, -0.05) is 18.2 Å². The molecule has 4 nitrogen and oxygen atoms in total. The highest BCUT2D eigenvalue weighted by molar-refractivity contribution is 6.02. The van der Waals surface area contributed by atoms with Crippen molar-refractivity contribution >= 4 is 33.5 Å². The largest absolute Gasteiger partial charge is 0.464 e. The molecule has 0 bridgehead atoms. The van der Waals surface area contributed by atoms with Crippen molar-refractivity contribution in [1.29, 1.82) is 0 Å². The number of fused-ring (bicyclic) bond motifs is 2. The van der Waals surface area contributed by atoms with Crippen LogP contribution < -0.4 is 5.32 Å². The monoisotopic (exact) mass is 330 g/mol. The van der Waals surface area contributed by atoms with Gasteiger partial charge in [-0.3, -0.25) is 9.78 Å². The molecule has 4 heteroatoms. The normalized spacial score (nSPS) is 11.1. The molecule has 0 spiro atoms. The Morgan fingerprint density at radius 3 is 2.80 bits per heavy atom. The first kappa shape index (κ1) is 15.4. The highest BCUT2D eigenvalue weighted by atomic mass is 16.3. The molecular formula is C21H18N2O2. The minimum Gasteiger partial charge on any atom is -0.464 e. The van der Waals surface area contributed by atoms with Crippen molar-refractivity contribution < 1.29 is 9.21 Å². The molecule has 0 aliphatic carbocycles. The molecule has 0 aliphatic rings. The van der Waals surface area contributed by atoms with Gasteiger partial charge >= 0.3 is 0 Å². The number of hydrogen-bond donors (Lipinski definition) is 1. The lowest BCUT2D eigenvalue weighted by atomic mass is 10.0. The molecule has 4 aromatic rings. The van der Waals surface area contributed by atoms with Crippen molar-refractivity contribution in [2.24, 2.45) is 0 Å². The third kappa shape index (κ3) is 2.87. The van der Waals surface area contributed by atoms with E-state index >= 15 is 0 Å². The van der Waals surface area contributed by atoms with Crippen molar-refractivity contribution in [3.63, 3.8) is 0 Å². The Morgan fingerprint density at radius 1 is 1.12 bits per heavy atom. The van der Waals surface area contributed by atoms with Gasteiger partial charge in [0, 0.05) is 22.5 Å². The molecule has 2 heterocycles. The molecule has 0 saturated carbocycles. The summed E-state index contributed by atoms with van der Waals surface area (Å²) in [5.41, 5.74) is 5.60. The van der Waals surface area contributed by atoms with Crippen LogP contribution in [0.2, 0.25) is 0 Å². The quantitative estimate of drug-likeness (QED) is 0.588.